The lowest BCUT2D eigenvalue weighted by Gasteiger charge is -2.10. The van der Waals surface area contributed by atoms with E-state index in [0.717, 1.165) is 30.3 Å². The molecule has 0 unspecified atom stereocenters. The SMILES string of the molecule is N#CN(N=C=O)c1ccc(OC(F)(F)F)cc1. The second-order valence-corrected chi connectivity index (χ2v) is 2.64. The molecule has 0 bridgehead atoms. The highest BCUT2D eigenvalue weighted by Gasteiger charge is 2.31. The fraction of sp³-hybridized carbons (Fsp3) is 0.111. The van der Waals surface area contributed by atoms with Gasteiger partial charge < -0.3 is 4.74 Å². The van der Waals surface area contributed by atoms with Crippen molar-refractivity contribution >= 4 is 11.8 Å². The molecule has 0 aliphatic heterocycles. The molecule has 5 nitrogen and oxygen atoms in total. The van der Waals surface area contributed by atoms with Crippen molar-refractivity contribution in [2.24, 2.45) is 5.10 Å². The number of halogens is 3. The summed E-state index contributed by atoms with van der Waals surface area (Å²) in [5, 5.41) is 12.2. The van der Waals surface area contributed by atoms with Crippen LogP contribution in [0.5, 0.6) is 5.75 Å². The third kappa shape index (κ3) is 3.85. The van der Waals surface area contributed by atoms with Crippen molar-refractivity contribution in [3.8, 4) is 11.9 Å². The Hall–Kier alpha value is -2.52. The van der Waals surface area contributed by atoms with E-state index in [9.17, 15) is 18.0 Å². The standard InChI is InChI=1S/C9H4F3N3O2/c10-9(11,12)17-8-3-1-7(2-4-8)15(5-13)14-6-16/h1-4H. The summed E-state index contributed by atoms with van der Waals surface area (Å²) >= 11 is 0. The van der Waals surface area contributed by atoms with Gasteiger partial charge in [0.2, 0.25) is 6.19 Å². The molecule has 0 fully saturated rings. The zero-order valence-electron chi connectivity index (χ0n) is 8.10. The number of ether oxygens (including phenoxy) is 1. The van der Waals surface area contributed by atoms with Crippen molar-refractivity contribution in [3.63, 3.8) is 0 Å². The summed E-state index contributed by atoms with van der Waals surface area (Å²) < 4.78 is 39.1. The molecular weight excluding hydrogens is 239 g/mol. The first-order valence-corrected chi connectivity index (χ1v) is 4.10. The van der Waals surface area contributed by atoms with Gasteiger partial charge in [0.15, 0.2) is 0 Å². The molecule has 0 aliphatic rings. The highest BCUT2D eigenvalue weighted by molar-refractivity contribution is 5.54. The molecule has 1 aromatic rings. The molecule has 0 saturated heterocycles. The predicted molar refractivity (Wildman–Crippen MR) is 49.3 cm³/mol. The molecule has 0 N–H and O–H groups in total. The number of isocyanates is 1. The van der Waals surface area contributed by atoms with Crippen LogP contribution in [-0.2, 0) is 4.79 Å². The summed E-state index contributed by atoms with van der Waals surface area (Å²) in [5.41, 5.74) is 0.116. The maximum Gasteiger partial charge on any atom is 0.573 e. The molecule has 0 aromatic heterocycles. The van der Waals surface area contributed by atoms with Gasteiger partial charge in [-0.3, -0.25) is 0 Å². The normalized spacial score (nSPS) is 10.0. The van der Waals surface area contributed by atoms with E-state index in [4.69, 9.17) is 5.26 Å². The molecule has 0 saturated carbocycles. The van der Waals surface area contributed by atoms with Gasteiger partial charge in [0.1, 0.15) is 5.75 Å². The minimum absolute atomic E-state index is 0.116. The second-order valence-electron chi connectivity index (χ2n) is 2.64. The molecule has 0 atom stereocenters. The summed E-state index contributed by atoms with van der Waals surface area (Å²) in [7, 11) is 0. The van der Waals surface area contributed by atoms with E-state index >= 15 is 0 Å². The Morgan fingerprint density at radius 2 is 1.88 bits per heavy atom. The number of rotatable bonds is 3. The van der Waals surface area contributed by atoms with Gasteiger partial charge in [0.25, 0.3) is 6.08 Å². The summed E-state index contributed by atoms with van der Waals surface area (Å²) in [6, 6.07) is 4.28. The smallest absolute Gasteiger partial charge is 0.406 e. The molecular formula is C9H4F3N3O2. The van der Waals surface area contributed by atoms with Crippen LogP contribution in [0, 0.1) is 11.5 Å². The molecule has 88 valence electrons. The second kappa shape index (κ2) is 5.01. The molecule has 0 radical (unpaired) electrons. The minimum atomic E-state index is -4.78. The van der Waals surface area contributed by atoms with E-state index in [1.807, 2.05) is 0 Å². The first-order valence-electron chi connectivity index (χ1n) is 4.10. The zero-order chi connectivity index (χ0) is 12.9. The molecule has 1 rings (SSSR count). The van der Waals surface area contributed by atoms with Crippen molar-refractivity contribution in [2.45, 2.75) is 6.36 Å². The van der Waals surface area contributed by atoms with Crippen LogP contribution in [0.15, 0.2) is 29.4 Å². The number of anilines is 1. The Kier molecular flexibility index (Phi) is 3.70. The first kappa shape index (κ1) is 12.5. The van der Waals surface area contributed by atoms with Crippen LogP contribution in [0.1, 0.15) is 0 Å². The van der Waals surface area contributed by atoms with E-state index in [0.29, 0.717) is 5.01 Å². The third-order valence-corrected chi connectivity index (χ3v) is 1.55. The molecule has 0 amide bonds. The number of alkyl halides is 3. The Labute approximate surface area is 93.3 Å². The lowest BCUT2D eigenvalue weighted by molar-refractivity contribution is -0.274. The van der Waals surface area contributed by atoms with E-state index < -0.39 is 12.1 Å². The van der Waals surface area contributed by atoms with Crippen LogP contribution in [0.3, 0.4) is 0 Å². The number of hydrogen-bond acceptors (Lipinski definition) is 5. The Balaban J connectivity index is 2.88. The van der Waals surface area contributed by atoms with Gasteiger partial charge in [0.05, 0.1) is 5.69 Å². The number of benzene rings is 1. The van der Waals surface area contributed by atoms with Gasteiger partial charge in [0, 0.05) is 0 Å². The lowest BCUT2D eigenvalue weighted by Crippen LogP contribution is -2.17. The fourth-order valence-electron chi connectivity index (χ4n) is 0.968. The maximum atomic E-state index is 11.8. The van der Waals surface area contributed by atoms with Gasteiger partial charge in [-0.25, -0.2) is 4.79 Å². The summed E-state index contributed by atoms with van der Waals surface area (Å²) in [4.78, 5) is 9.94. The van der Waals surface area contributed by atoms with Crippen molar-refractivity contribution in [1.29, 1.82) is 5.26 Å². The Morgan fingerprint density at radius 1 is 1.29 bits per heavy atom. The van der Waals surface area contributed by atoms with Crippen molar-refractivity contribution in [2.75, 3.05) is 5.01 Å². The molecule has 0 heterocycles. The quantitative estimate of drug-likeness (QED) is 0.268. The van der Waals surface area contributed by atoms with Crippen molar-refractivity contribution < 1.29 is 22.7 Å². The largest absolute Gasteiger partial charge is 0.573 e. The highest BCUT2D eigenvalue weighted by Crippen LogP contribution is 2.25. The van der Waals surface area contributed by atoms with Crippen molar-refractivity contribution in [3.05, 3.63) is 24.3 Å². The van der Waals surface area contributed by atoms with E-state index in [1.54, 1.807) is 0 Å². The number of carbonyl (C=O) groups excluding carboxylic acids is 1. The molecule has 8 heteroatoms. The number of nitrogens with zero attached hydrogens (tertiary/aromatic N) is 3. The van der Waals surface area contributed by atoms with Crippen LogP contribution in [-0.4, -0.2) is 12.4 Å². The van der Waals surface area contributed by atoms with Crippen LogP contribution < -0.4 is 9.75 Å². The fourth-order valence-corrected chi connectivity index (χ4v) is 0.968. The van der Waals surface area contributed by atoms with Crippen LogP contribution in [0.4, 0.5) is 18.9 Å². The number of hydrazone groups is 1. The molecule has 17 heavy (non-hydrogen) atoms. The van der Waals surface area contributed by atoms with E-state index in [1.165, 1.54) is 6.19 Å². The topological polar surface area (TPSA) is 65.7 Å². The summed E-state index contributed by atoms with van der Waals surface area (Å²) in [5.74, 6) is -0.436. The van der Waals surface area contributed by atoms with Gasteiger partial charge in [-0.05, 0) is 24.3 Å². The monoisotopic (exact) mass is 243 g/mol. The van der Waals surface area contributed by atoms with Gasteiger partial charge in [-0.2, -0.15) is 10.3 Å². The average molecular weight is 243 g/mol. The molecule has 0 aliphatic carbocycles. The lowest BCUT2D eigenvalue weighted by atomic mass is 10.3. The van der Waals surface area contributed by atoms with Gasteiger partial charge in [-0.1, -0.05) is 5.10 Å². The number of nitriles is 1. The van der Waals surface area contributed by atoms with Gasteiger partial charge >= 0.3 is 6.36 Å². The van der Waals surface area contributed by atoms with Crippen LogP contribution in [0.25, 0.3) is 0 Å². The first-order chi connectivity index (χ1) is 7.96. The Morgan fingerprint density at radius 3 is 2.29 bits per heavy atom. The van der Waals surface area contributed by atoms with Crippen LogP contribution >= 0.6 is 0 Å². The van der Waals surface area contributed by atoms with Crippen molar-refractivity contribution in [1.82, 2.24) is 0 Å². The summed E-state index contributed by atoms with van der Waals surface area (Å²) in [6.45, 7) is 0. The molecule has 0 spiro atoms. The van der Waals surface area contributed by atoms with E-state index in [2.05, 4.69) is 9.84 Å². The number of hydrogen-bond donors (Lipinski definition) is 0. The zero-order valence-corrected chi connectivity index (χ0v) is 8.10. The van der Waals surface area contributed by atoms with E-state index in [-0.39, 0.29) is 5.69 Å². The third-order valence-electron chi connectivity index (χ3n) is 1.55. The minimum Gasteiger partial charge on any atom is -0.406 e. The van der Waals surface area contributed by atoms with Gasteiger partial charge in [-0.15, -0.1) is 13.2 Å². The Bertz CT molecular complexity index is 472. The summed E-state index contributed by atoms with van der Waals surface area (Å²) in [6.07, 6.45) is -2.12. The maximum absolute atomic E-state index is 11.8. The average Bonchev–Trinajstić information content (AvgIpc) is 2.25. The molecule has 1 aromatic carbocycles. The highest BCUT2D eigenvalue weighted by atomic mass is 19.4. The van der Waals surface area contributed by atoms with Crippen LogP contribution in [0.2, 0.25) is 0 Å². The predicted octanol–water partition coefficient (Wildman–Crippen LogP) is 2.12.